The molecule has 0 bridgehead atoms. The van der Waals surface area contributed by atoms with E-state index < -0.39 is 0 Å². The summed E-state index contributed by atoms with van der Waals surface area (Å²) in [4.78, 5) is 31.9. The van der Waals surface area contributed by atoms with Crippen molar-refractivity contribution in [3.05, 3.63) is 89.0 Å². The van der Waals surface area contributed by atoms with Gasteiger partial charge in [0.2, 0.25) is 5.91 Å². The first kappa shape index (κ1) is 20.0. The van der Waals surface area contributed by atoms with Gasteiger partial charge in [0.25, 0.3) is 5.91 Å². The Morgan fingerprint density at radius 1 is 1.12 bits per heavy atom. The van der Waals surface area contributed by atoms with Crippen LogP contribution < -0.4 is 10.2 Å². The van der Waals surface area contributed by atoms with Crippen molar-refractivity contribution in [2.75, 3.05) is 16.8 Å². The Hall–Kier alpha value is -3.93. The molecule has 1 aliphatic heterocycles. The van der Waals surface area contributed by atoms with Crippen LogP contribution in [0, 0.1) is 13.8 Å². The van der Waals surface area contributed by atoms with E-state index in [1.54, 1.807) is 11.0 Å². The molecule has 0 atom stereocenters. The number of aromatic nitrogens is 1. The summed E-state index contributed by atoms with van der Waals surface area (Å²) in [6.07, 6.45) is 3.96. The molecule has 2 amide bonds. The fraction of sp³-hybridized carbons (Fsp3) is 0.192. The normalized spacial score (nSPS) is 12.8. The monoisotopic (exact) mass is 425 g/mol. The van der Waals surface area contributed by atoms with Gasteiger partial charge in [-0.15, -0.1) is 0 Å². The predicted octanol–water partition coefficient (Wildman–Crippen LogP) is 4.83. The second-order valence-electron chi connectivity index (χ2n) is 8.11. The van der Waals surface area contributed by atoms with Gasteiger partial charge in [0, 0.05) is 29.0 Å². The van der Waals surface area contributed by atoms with Gasteiger partial charge in [-0.25, -0.2) is 0 Å². The van der Waals surface area contributed by atoms with Crippen molar-refractivity contribution in [3.8, 4) is 0 Å². The number of carbonyl (C=O) groups is 2. The molecule has 0 fully saturated rings. The first-order valence-electron chi connectivity index (χ1n) is 10.6. The molecule has 2 aromatic heterocycles. The van der Waals surface area contributed by atoms with Crippen molar-refractivity contribution in [1.82, 2.24) is 4.98 Å². The predicted molar refractivity (Wildman–Crippen MR) is 124 cm³/mol. The SMILES string of the molecule is Cc1nc2ccccc2c(C)c1CC(=O)Nc1ccc2c(c1)CCN2C(=O)c1ccoc1. The van der Waals surface area contributed by atoms with E-state index in [0.717, 1.165) is 51.1 Å². The zero-order valence-electron chi connectivity index (χ0n) is 18.0. The lowest BCUT2D eigenvalue weighted by Crippen LogP contribution is -2.28. The molecule has 6 heteroatoms. The Balaban J connectivity index is 1.33. The maximum atomic E-state index is 12.8. The number of hydrogen-bond acceptors (Lipinski definition) is 4. The van der Waals surface area contributed by atoms with E-state index >= 15 is 0 Å². The fourth-order valence-corrected chi connectivity index (χ4v) is 4.43. The summed E-state index contributed by atoms with van der Waals surface area (Å²) in [5, 5.41) is 4.08. The van der Waals surface area contributed by atoms with Gasteiger partial charge in [0.05, 0.1) is 23.8 Å². The summed E-state index contributed by atoms with van der Waals surface area (Å²) in [5.41, 5.74) is 7.04. The van der Waals surface area contributed by atoms with E-state index in [0.29, 0.717) is 12.1 Å². The molecule has 0 unspecified atom stereocenters. The van der Waals surface area contributed by atoms with Gasteiger partial charge < -0.3 is 14.6 Å². The number of carbonyl (C=O) groups excluding carboxylic acids is 2. The van der Waals surface area contributed by atoms with Crippen molar-refractivity contribution >= 4 is 34.1 Å². The van der Waals surface area contributed by atoms with Crippen LogP contribution in [-0.2, 0) is 17.6 Å². The van der Waals surface area contributed by atoms with Crippen LogP contribution >= 0.6 is 0 Å². The molecule has 3 heterocycles. The number of nitrogens with zero attached hydrogens (tertiary/aromatic N) is 2. The molecule has 2 aromatic carbocycles. The second-order valence-corrected chi connectivity index (χ2v) is 8.11. The maximum Gasteiger partial charge on any atom is 0.261 e. The van der Waals surface area contributed by atoms with E-state index in [4.69, 9.17) is 4.42 Å². The van der Waals surface area contributed by atoms with Crippen LogP contribution in [0.3, 0.4) is 0 Å². The zero-order chi connectivity index (χ0) is 22.2. The summed E-state index contributed by atoms with van der Waals surface area (Å²) >= 11 is 0. The van der Waals surface area contributed by atoms with Gasteiger partial charge in [0.1, 0.15) is 6.26 Å². The quantitative estimate of drug-likeness (QED) is 0.508. The average Bonchev–Trinajstić information content (AvgIpc) is 3.46. The van der Waals surface area contributed by atoms with Crippen LogP contribution in [0.1, 0.15) is 32.7 Å². The molecular formula is C26H23N3O3. The van der Waals surface area contributed by atoms with E-state index in [1.807, 2.05) is 56.3 Å². The number of nitrogens with one attached hydrogen (secondary N) is 1. The molecule has 1 N–H and O–H groups in total. The molecule has 1 aliphatic rings. The minimum Gasteiger partial charge on any atom is -0.472 e. The van der Waals surface area contributed by atoms with Gasteiger partial charge >= 0.3 is 0 Å². The molecule has 0 radical (unpaired) electrons. The topological polar surface area (TPSA) is 75.4 Å². The lowest BCUT2D eigenvalue weighted by molar-refractivity contribution is -0.115. The number of anilines is 2. The minimum atomic E-state index is -0.0856. The molecule has 5 rings (SSSR count). The van der Waals surface area contributed by atoms with Gasteiger partial charge in [-0.05, 0) is 67.3 Å². The Labute approximate surface area is 185 Å². The van der Waals surface area contributed by atoms with Crippen LogP contribution in [0.25, 0.3) is 10.9 Å². The number of hydrogen-bond donors (Lipinski definition) is 1. The zero-order valence-corrected chi connectivity index (χ0v) is 18.0. The third-order valence-electron chi connectivity index (χ3n) is 6.10. The van der Waals surface area contributed by atoms with Gasteiger partial charge in [0.15, 0.2) is 0 Å². The Kier molecular flexibility index (Phi) is 4.98. The first-order chi connectivity index (χ1) is 15.5. The average molecular weight is 425 g/mol. The highest BCUT2D eigenvalue weighted by atomic mass is 16.3. The number of amides is 2. The van der Waals surface area contributed by atoms with E-state index in [-0.39, 0.29) is 18.2 Å². The number of furan rings is 1. The van der Waals surface area contributed by atoms with Crippen LogP contribution in [0.5, 0.6) is 0 Å². The van der Waals surface area contributed by atoms with E-state index in [1.165, 1.54) is 12.5 Å². The summed E-state index contributed by atoms with van der Waals surface area (Å²) < 4.78 is 5.04. The van der Waals surface area contributed by atoms with Gasteiger partial charge in [-0.1, -0.05) is 18.2 Å². The summed E-state index contributed by atoms with van der Waals surface area (Å²) in [5.74, 6) is -0.165. The molecule has 0 saturated heterocycles. The molecule has 4 aromatic rings. The van der Waals surface area contributed by atoms with Gasteiger partial charge in [-0.2, -0.15) is 0 Å². The molecule has 32 heavy (non-hydrogen) atoms. The third kappa shape index (κ3) is 3.54. The largest absolute Gasteiger partial charge is 0.472 e. The number of rotatable bonds is 4. The highest BCUT2D eigenvalue weighted by Crippen LogP contribution is 2.32. The standard InChI is InChI=1S/C26H23N3O3/c1-16-21-5-3-4-6-23(21)27-17(2)22(16)14-25(30)28-20-7-8-24-18(13-20)9-11-29(24)26(31)19-10-12-32-15-19/h3-8,10,12-13,15H,9,11,14H2,1-2H3,(H,28,30). The van der Waals surface area contributed by atoms with Crippen molar-refractivity contribution < 1.29 is 14.0 Å². The highest BCUT2D eigenvalue weighted by molar-refractivity contribution is 6.07. The van der Waals surface area contributed by atoms with Gasteiger partial charge in [-0.3, -0.25) is 14.6 Å². The summed E-state index contributed by atoms with van der Waals surface area (Å²) in [7, 11) is 0. The van der Waals surface area contributed by atoms with Crippen molar-refractivity contribution in [2.45, 2.75) is 26.7 Å². The molecule has 0 aliphatic carbocycles. The fourth-order valence-electron chi connectivity index (χ4n) is 4.43. The van der Waals surface area contributed by atoms with Crippen LogP contribution in [0.2, 0.25) is 0 Å². The van der Waals surface area contributed by atoms with Crippen LogP contribution in [-0.4, -0.2) is 23.3 Å². The van der Waals surface area contributed by atoms with Crippen LogP contribution in [0.15, 0.2) is 65.5 Å². The number of aryl methyl sites for hydroxylation is 2. The highest BCUT2D eigenvalue weighted by Gasteiger charge is 2.26. The number of pyridine rings is 1. The van der Waals surface area contributed by atoms with Crippen molar-refractivity contribution in [1.29, 1.82) is 0 Å². The smallest absolute Gasteiger partial charge is 0.261 e. The Morgan fingerprint density at radius 2 is 1.97 bits per heavy atom. The Bertz CT molecular complexity index is 1340. The van der Waals surface area contributed by atoms with E-state index in [2.05, 4.69) is 10.3 Å². The minimum absolute atomic E-state index is 0.0796. The van der Waals surface area contributed by atoms with Crippen molar-refractivity contribution in [3.63, 3.8) is 0 Å². The number of para-hydroxylation sites is 1. The molecule has 160 valence electrons. The lowest BCUT2D eigenvalue weighted by atomic mass is 9.99. The maximum absolute atomic E-state index is 12.8. The molecule has 6 nitrogen and oxygen atoms in total. The lowest BCUT2D eigenvalue weighted by Gasteiger charge is -2.17. The first-order valence-corrected chi connectivity index (χ1v) is 10.6. The number of fused-ring (bicyclic) bond motifs is 2. The number of benzene rings is 2. The van der Waals surface area contributed by atoms with Crippen LogP contribution in [0.4, 0.5) is 11.4 Å². The van der Waals surface area contributed by atoms with E-state index in [9.17, 15) is 9.59 Å². The Morgan fingerprint density at radius 3 is 2.78 bits per heavy atom. The van der Waals surface area contributed by atoms with Crippen molar-refractivity contribution in [2.24, 2.45) is 0 Å². The summed E-state index contributed by atoms with van der Waals surface area (Å²) in [6.45, 7) is 4.60. The molecular weight excluding hydrogens is 402 g/mol. The second kappa shape index (κ2) is 7.96. The molecule has 0 saturated carbocycles. The molecule has 0 spiro atoms. The summed E-state index contributed by atoms with van der Waals surface area (Å²) in [6, 6.07) is 15.3. The third-order valence-corrected chi connectivity index (χ3v) is 6.10.